The van der Waals surface area contributed by atoms with Gasteiger partial charge < -0.3 is 10.0 Å². The zero-order valence-electron chi connectivity index (χ0n) is 12.6. The summed E-state index contributed by atoms with van der Waals surface area (Å²) in [5.41, 5.74) is 0.00582. The fourth-order valence-electron chi connectivity index (χ4n) is 6.10. The van der Waals surface area contributed by atoms with E-state index in [1.807, 2.05) is 11.9 Å². The summed E-state index contributed by atoms with van der Waals surface area (Å²) in [7, 11) is 1.99. The molecule has 5 fully saturated rings. The molecule has 4 bridgehead atoms. The monoisotopic (exact) mass is 277 g/mol. The third kappa shape index (κ3) is 2.01. The van der Waals surface area contributed by atoms with Crippen LogP contribution in [0.5, 0.6) is 0 Å². The van der Waals surface area contributed by atoms with Crippen molar-refractivity contribution in [3.8, 4) is 0 Å². The third-order valence-corrected chi connectivity index (χ3v) is 6.58. The molecular formula is C17H27NO2. The van der Waals surface area contributed by atoms with Gasteiger partial charge >= 0.3 is 0 Å². The van der Waals surface area contributed by atoms with Crippen molar-refractivity contribution < 1.29 is 9.90 Å². The first-order valence-electron chi connectivity index (χ1n) is 8.48. The van der Waals surface area contributed by atoms with E-state index >= 15 is 0 Å². The van der Waals surface area contributed by atoms with Crippen molar-refractivity contribution in [1.82, 2.24) is 4.90 Å². The molecule has 5 aliphatic rings. The maximum Gasteiger partial charge on any atom is 0.228 e. The lowest BCUT2D eigenvalue weighted by Gasteiger charge is -2.56. The van der Waals surface area contributed by atoms with Gasteiger partial charge in [0.15, 0.2) is 0 Å². The second-order valence-corrected chi connectivity index (χ2v) is 8.37. The highest BCUT2D eigenvalue weighted by Gasteiger charge is 2.55. The van der Waals surface area contributed by atoms with Gasteiger partial charge in [-0.1, -0.05) is 0 Å². The maximum atomic E-state index is 13.0. The predicted octanol–water partition coefficient (Wildman–Crippen LogP) is 2.43. The molecule has 3 nitrogen and oxygen atoms in total. The molecule has 5 aliphatic carbocycles. The lowest BCUT2D eigenvalue weighted by Crippen LogP contribution is -2.54. The number of amides is 1. The Morgan fingerprint density at radius 2 is 1.55 bits per heavy atom. The number of rotatable bonds is 3. The summed E-state index contributed by atoms with van der Waals surface area (Å²) in [4.78, 5) is 15.0. The van der Waals surface area contributed by atoms with Gasteiger partial charge in [-0.25, -0.2) is 0 Å². The summed E-state index contributed by atoms with van der Waals surface area (Å²) in [5.74, 6) is 3.48. The summed E-state index contributed by atoms with van der Waals surface area (Å²) in [6, 6.07) is 0. The van der Waals surface area contributed by atoms with Crippen molar-refractivity contribution in [3.63, 3.8) is 0 Å². The minimum absolute atomic E-state index is 0.00582. The zero-order valence-corrected chi connectivity index (χ0v) is 12.6. The Bertz CT molecular complexity index is 378. The first-order valence-corrected chi connectivity index (χ1v) is 8.48. The smallest absolute Gasteiger partial charge is 0.228 e. The normalized spacial score (nSPS) is 49.0. The molecule has 5 rings (SSSR count). The molecule has 0 aromatic rings. The molecule has 1 N–H and O–H groups in total. The van der Waals surface area contributed by atoms with Crippen LogP contribution in [0, 0.1) is 29.1 Å². The summed E-state index contributed by atoms with van der Waals surface area (Å²) in [6.07, 6.45) is 9.33. The Kier molecular flexibility index (Phi) is 2.93. The van der Waals surface area contributed by atoms with Crippen LogP contribution in [-0.4, -0.2) is 35.6 Å². The van der Waals surface area contributed by atoms with Gasteiger partial charge in [0.05, 0.1) is 11.5 Å². The minimum atomic E-state index is -0.108. The molecule has 0 aromatic heterocycles. The summed E-state index contributed by atoms with van der Waals surface area (Å²) in [6.45, 7) is 0.859. The molecule has 0 atom stereocenters. The largest absolute Gasteiger partial charge is 0.393 e. The molecule has 20 heavy (non-hydrogen) atoms. The topological polar surface area (TPSA) is 40.5 Å². The number of aliphatic hydroxyl groups is 1. The molecule has 112 valence electrons. The number of carbonyl (C=O) groups excluding carboxylic acids is 1. The van der Waals surface area contributed by atoms with Crippen LogP contribution in [0.2, 0.25) is 0 Å². The minimum Gasteiger partial charge on any atom is -0.393 e. The highest BCUT2D eigenvalue weighted by molar-refractivity contribution is 5.83. The van der Waals surface area contributed by atoms with Gasteiger partial charge in [-0.2, -0.15) is 0 Å². The Labute approximate surface area is 121 Å². The number of hydrogen-bond acceptors (Lipinski definition) is 2. The number of aliphatic hydroxyl groups excluding tert-OH is 1. The molecule has 0 aromatic carbocycles. The molecule has 0 spiro atoms. The second-order valence-electron chi connectivity index (χ2n) is 8.37. The van der Waals surface area contributed by atoms with Gasteiger partial charge in [0, 0.05) is 13.6 Å². The van der Waals surface area contributed by atoms with Crippen LogP contribution in [-0.2, 0) is 4.79 Å². The van der Waals surface area contributed by atoms with Crippen LogP contribution in [0.4, 0.5) is 0 Å². The van der Waals surface area contributed by atoms with Crippen molar-refractivity contribution in [3.05, 3.63) is 0 Å². The Morgan fingerprint density at radius 1 is 1.05 bits per heavy atom. The van der Waals surface area contributed by atoms with E-state index in [0.717, 1.165) is 56.4 Å². The fourth-order valence-corrected chi connectivity index (χ4v) is 6.10. The first kappa shape index (κ1) is 13.1. The van der Waals surface area contributed by atoms with Gasteiger partial charge in [-0.3, -0.25) is 4.79 Å². The van der Waals surface area contributed by atoms with Crippen LogP contribution >= 0.6 is 0 Å². The van der Waals surface area contributed by atoms with Crippen LogP contribution < -0.4 is 0 Å². The van der Waals surface area contributed by atoms with E-state index < -0.39 is 0 Å². The molecule has 5 saturated carbocycles. The van der Waals surface area contributed by atoms with Crippen LogP contribution in [0.1, 0.15) is 51.4 Å². The van der Waals surface area contributed by atoms with E-state index in [1.54, 1.807) is 0 Å². The van der Waals surface area contributed by atoms with Crippen molar-refractivity contribution in [2.24, 2.45) is 29.1 Å². The lowest BCUT2D eigenvalue weighted by molar-refractivity contribution is -0.157. The van der Waals surface area contributed by atoms with E-state index in [4.69, 9.17) is 0 Å². The Balaban J connectivity index is 1.45. The predicted molar refractivity (Wildman–Crippen MR) is 77.0 cm³/mol. The van der Waals surface area contributed by atoms with Gasteiger partial charge in [-0.15, -0.1) is 0 Å². The first-order chi connectivity index (χ1) is 9.54. The highest BCUT2D eigenvalue weighted by atomic mass is 16.3. The average molecular weight is 277 g/mol. The third-order valence-electron chi connectivity index (χ3n) is 6.58. The van der Waals surface area contributed by atoms with E-state index in [9.17, 15) is 9.90 Å². The van der Waals surface area contributed by atoms with E-state index in [2.05, 4.69) is 0 Å². The fraction of sp³-hybridized carbons (Fsp3) is 0.941. The maximum absolute atomic E-state index is 13.0. The van der Waals surface area contributed by atoms with Gasteiger partial charge in [0.2, 0.25) is 5.91 Å². The number of nitrogens with zero attached hydrogens (tertiary/aromatic N) is 1. The second kappa shape index (κ2) is 4.46. The molecule has 0 saturated heterocycles. The molecular weight excluding hydrogens is 250 g/mol. The van der Waals surface area contributed by atoms with E-state index in [0.29, 0.717) is 11.8 Å². The van der Waals surface area contributed by atoms with E-state index in [1.165, 1.54) is 19.3 Å². The molecule has 3 heteroatoms. The Morgan fingerprint density at radius 3 is 2.00 bits per heavy atom. The van der Waals surface area contributed by atoms with Crippen LogP contribution in [0.25, 0.3) is 0 Å². The summed E-state index contributed by atoms with van der Waals surface area (Å²) < 4.78 is 0. The average Bonchev–Trinajstić information content (AvgIpc) is 2.34. The van der Waals surface area contributed by atoms with Gasteiger partial charge in [-0.05, 0) is 75.0 Å². The quantitative estimate of drug-likeness (QED) is 0.860. The van der Waals surface area contributed by atoms with Crippen molar-refractivity contribution in [2.75, 3.05) is 13.6 Å². The SMILES string of the molecule is CN(CC1CC(O)C1)C(=O)C12CC3CC(CC(C3)C1)C2. The zero-order chi connectivity index (χ0) is 13.9. The summed E-state index contributed by atoms with van der Waals surface area (Å²) in [5, 5.41) is 9.40. The number of carbonyl (C=O) groups is 1. The van der Waals surface area contributed by atoms with Crippen molar-refractivity contribution in [1.29, 1.82) is 0 Å². The number of hydrogen-bond donors (Lipinski definition) is 1. The van der Waals surface area contributed by atoms with Crippen LogP contribution in [0.15, 0.2) is 0 Å². The summed E-state index contributed by atoms with van der Waals surface area (Å²) >= 11 is 0. The lowest BCUT2D eigenvalue weighted by atomic mass is 9.49. The van der Waals surface area contributed by atoms with Gasteiger partial charge in [0.1, 0.15) is 0 Å². The van der Waals surface area contributed by atoms with E-state index in [-0.39, 0.29) is 11.5 Å². The molecule has 0 heterocycles. The molecule has 0 radical (unpaired) electrons. The van der Waals surface area contributed by atoms with Crippen molar-refractivity contribution in [2.45, 2.75) is 57.5 Å². The highest BCUT2D eigenvalue weighted by Crippen LogP contribution is 2.60. The molecule has 0 aliphatic heterocycles. The van der Waals surface area contributed by atoms with Gasteiger partial charge in [0.25, 0.3) is 0 Å². The molecule has 1 amide bonds. The van der Waals surface area contributed by atoms with Crippen molar-refractivity contribution >= 4 is 5.91 Å². The standard InChI is InChI=1S/C17H27NO2/c1-18(10-14-5-15(19)6-14)16(20)17-7-11-2-12(8-17)4-13(3-11)9-17/h11-15,19H,2-10H2,1H3. The molecule has 0 unspecified atom stereocenters. The van der Waals surface area contributed by atoms with Crippen LogP contribution in [0.3, 0.4) is 0 Å². The Hall–Kier alpha value is -0.570.